The Kier molecular flexibility index (Phi) is 14.4. The van der Waals surface area contributed by atoms with Crippen LogP contribution in [0.15, 0.2) is 0 Å². The molecule has 0 radical (unpaired) electrons. The van der Waals surface area contributed by atoms with Crippen LogP contribution in [0.5, 0.6) is 0 Å². The summed E-state index contributed by atoms with van der Waals surface area (Å²) in [6.07, 6.45) is -18.1. The third-order valence-corrected chi connectivity index (χ3v) is 23.5. The Morgan fingerprint density at radius 2 is 0.816 bits per heavy atom. The fraction of sp³-hybridized carbons (Fsp3) is 1.00. The maximum absolute atomic E-state index is 13.2. The Labute approximate surface area is 223 Å². The lowest BCUT2D eigenvalue weighted by Crippen LogP contribution is -2.63. The van der Waals surface area contributed by atoms with E-state index >= 15 is 0 Å². The Bertz CT molecular complexity index is 705. The van der Waals surface area contributed by atoms with Gasteiger partial charge >= 0.3 is 53.3 Å². The highest BCUT2D eigenvalue weighted by Crippen LogP contribution is 2.38. The van der Waals surface area contributed by atoms with Gasteiger partial charge in [-0.15, -0.1) is 0 Å². The fourth-order valence-corrected chi connectivity index (χ4v) is 24.9. The van der Waals surface area contributed by atoms with Crippen LogP contribution in [0.3, 0.4) is 0 Å². The summed E-state index contributed by atoms with van der Waals surface area (Å²) in [6.45, 7) is 6.94. The van der Waals surface area contributed by atoms with Crippen molar-refractivity contribution < 1.29 is 69.3 Å². The molecule has 0 aromatic carbocycles. The van der Waals surface area contributed by atoms with Crippen LogP contribution < -0.4 is 0 Å². The van der Waals surface area contributed by atoms with Gasteiger partial charge in [-0.3, -0.25) is 0 Å². The minimum Gasteiger partial charge on any atom is -0.439 e. The zero-order valence-corrected chi connectivity index (χ0v) is 27.7. The van der Waals surface area contributed by atoms with E-state index in [9.17, 15) is 39.5 Å². The first kappa shape index (κ1) is 38.2. The molecular formula is C17H37F9O7Si5. The molecular weight excluding hydrogens is 628 g/mol. The highest BCUT2D eigenvalue weighted by molar-refractivity contribution is 6.88. The summed E-state index contributed by atoms with van der Waals surface area (Å²) in [5.74, 6) is 0. The molecule has 0 fully saturated rings. The van der Waals surface area contributed by atoms with Crippen molar-refractivity contribution in [2.24, 2.45) is 0 Å². The molecule has 0 spiro atoms. The molecule has 0 saturated carbocycles. The van der Waals surface area contributed by atoms with Crippen LogP contribution in [0.25, 0.3) is 0 Å². The van der Waals surface area contributed by atoms with Gasteiger partial charge < -0.3 is 29.7 Å². The smallest absolute Gasteiger partial charge is 0.439 e. The van der Waals surface area contributed by atoms with Gasteiger partial charge in [-0.25, -0.2) is 0 Å². The van der Waals surface area contributed by atoms with Gasteiger partial charge in [0.15, 0.2) is 9.04 Å². The van der Waals surface area contributed by atoms with E-state index in [4.69, 9.17) is 29.7 Å². The van der Waals surface area contributed by atoms with Crippen molar-refractivity contribution in [3.05, 3.63) is 0 Å². The minimum absolute atomic E-state index is 0.631. The summed E-state index contributed by atoms with van der Waals surface area (Å²) < 4.78 is 157. The van der Waals surface area contributed by atoms with Crippen molar-refractivity contribution in [1.29, 1.82) is 0 Å². The number of hydrogen-bond acceptors (Lipinski definition) is 7. The van der Waals surface area contributed by atoms with E-state index in [2.05, 4.69) is 0 Å². The first-order valence-corrected chi connectivity index (χ1v) is 23.5. The van der Waals surface area contributed by atoms with Crippen LogP contribution >= 0.6 is 0 Å². The van der Waals surface area contributed by atoms with E-state index < -0.39 is 99.7 Å². The maximum atomic E-state index is 13.2. The van der Waals surface area contributed by atoms with Crippen LogP contribution in [-0.4, -0.2) is 83.6 Å². The van der Waals surface area contributed by atoms with E-state index in [1.165, 1.54) is 19.6 Å². The Morgan fingerprint density at radius 3 is 1.11 bits per heavy atom. The number of hydrogen-bond donors (Lipinski definition) is 0. The predicted octanol–water partition coefficient (Wildman–Crippen LogP) is 6.48. The van der Waals surface area contributed by atoms with Crippen molar-refractivity contribution >= 4 is 43.8 Å². The topological polar surface area (TPSA) is 64.6 Å². The third kappa shape index (κ3) is 15.8. The molecule has 21 heteroatoms. The monoisotopic (exact) mass is 664 g/mol. The highest BCUT2D eigenvalue weighted by atomic mass is 28.5. The molecule has 0 aromatic heterocycles. The molecule has 3 unspecified atom stereocenters. The van der Waals surface area contributed by atoms with Gasteiger partial charge in [0, 0.05) is 40.6 Å². The summed E-state index contributed by atoms with van der Waals surface area (Å²) in [7, 11) is -15.1. The molecule has 0 saturated heterocycles. The summed E-state index contributed by atoms with van der Waals surface area (Å²) in [5.41, 5.74) is 0. The molecule has 0 heterocycles. The summed E-state index contributed by atoms with van der Waals surface area (Å²) in [5, 5.41) is 0. The first-order chi connectivity index (χ1) is 16.8. The Balaban J connectivity index is 6.55. The summed E-state index contributed by atoms with van der Waals surface area (Å²) in [4.78, 5) is 0. The lowest BCUT2D eigenvalue weighted by molar-refractivity contribution is -0.132. The van der Waals surface area contributed by atoms with Gasteiger partial charge in [0.25, 0.3) is 0 Å². The normalized spacial score (nSPS) is 18.8. The number of halogens is 9. The zero-order chi connectivity index (χ0) is 30.3. The molecule has 0 N–H and O–H groups in total. The van der Waals surface area contributed by atoms with Crippen LogP contribution in [0.4, 0.5) is 39.5 Å². The Morgan fingerprint density at radius 1 is 0.526 bits per heavy atom. The lowest BCUT2D eigenvalue weighted by Gasteiger charge is -2.44. The molecule has 0 aliphatic heterocycles. The largest absolute Gasteiger partial charge is 0.669 e. The van der Waals surface area contributed by atoms with E-state index in [0.717, 1.165) is 21.3 Å². The quantitative estimate of drug-likeness (QED) is 0.130. The standard InChI is InChI=1S/C17H37F9O7Si5/c1-27-38(28-2,29-3)33-37(8,14-11-17(24,25)26)32-36(7,13-10-16(21,22)23)31-35(6,30-34(4)5)12-9-15(18,19)20/h34H,9-14H2,1-8H3. The van der Waals surface area contributed by atoms with Crippen LogP contribution in [-0.2, 0) is 29.7 Å². The fourth-order valence-electron chi connectivity index (χ4n) is 3.54. The molecule has 7 nitrogen and oxygen atoms in total. The molecule has 0 aromatic rings. The van der Waals surface area contributed by atoms with E-state index in [0.29, 0.717) is 0 Å². The molecule has 230 valence electrons. The van der Waals surface area contributed by atoms with E-state index in [1.807, 2.05) is 0 Å². The highest BCUT2D eigenvalue weighted by Gasteiger charge is 2.56. The van der Waals surface area contributed by atoms with Crippen molar-refractivity contribution in [3.8, 4) is 0 Å². The summed E-state index contributed by atoms with van der Waals surface area (Å²) >= 11 is 0. The predicted molar refractivity (Wildman–Crippen MR) is 131 cm³/mol. The van der Waals surface area contributed by atoms with Gasteiger partial charge in [-0.1, -0.05) is 0 Å². The van der Waals surface area contributed by atoms with Crippen molar-refractivity contribution in [3.63, 3.8) is 0 Å². The average molecular weight is 665 g/mol. The maximum Gasteiger partial charge on any atom is 0.669 e. The molecule has 0 bridgehead atoms. The molecule has 3 atom stereocenters. The molecule has 0 rings (SSSR count). The number of rotatable bonds is 17. The Hall–Kier alpha value is 0.174. The van der Waals surface area contributed by atoms with E-state index in [-0.39, 0.29) is 0 Å². The molecule has 0 amide bonds. The first-order valence-electron chi connectivity index (χ1n) is 11.5. The molecule has 38 heavy (non-hydrogen) atoms. The van der Waals surface area contributed by atoms with Crippen molar-refractivity contribution in [1.82, 2.24) is 0 Å². The SMILES string of the molecule is CO[Si](OC)(OC)O[Si](C)(CCC(F)(F)F)O[Si](C)(CCC(F)(F)F)O[Si](C)(CCC(F)(F)F)O[SiH](C)C. The second kappa shape index (κ2) is 14.4. The summed E-state index contributed by atoms with van der Waals surface area (Å²) in [6, 6.07) is -2.23. The third-order valence-electron chi connectivity index (χ3n) is 5.03. The average Bonchev–Trinajstić information content (AvgIpc) is 2.72. The van der Waals surface area contributed by atoms with Crippen molar-refractivity contribution in [2.45, 2.75) is 88.7 Å². The van der Waals surface area contributed by atoms with Gasteiger partial charge in [0.05, 0.1) is 0 Å². The van der Waals surface area contributed by atoms with Crippen LogP contribution in [0, 0.1) is 0 Å². The van der Waals surface area contributed by atoms with Crippen LogP contribution in [0.1, 0.15) is 19.3 Å². The second-order valence-electron chi connectivity index (χ2n) is 9.33. The van der Waals surface area contributed by atoms with Gasteiger partial charge in [-0.05, 0) is 50.9 Å². The second-order valence-corrected chi connectivity index (χ2v) is 25.3. The molecule has 0 aliphatic rings. The van der Waals surface area contributed by atoms with Gasteiger partial charge in [0.2, 0.25) is 0 Å². The lowest BCUT2D eigenvalue weighted by atomic mass is 10.5. The number of alkyl halides is 9. The van der Waals surface area contributed by atoms with E-state index in [1.54, 1.807) is 13.1 Å². The van der Waals surface area contributed by atoms with Gasteiger partial charge in [-0.2, -0.15) is 39.5 Å². The molecule has 0 aliphatic carbocycles. The van der Waals surface area contributed by atoms with Gasteiger partial charge in [0.1, 0.15) is 0 Å². The van der Waals surface area contributed by atoms with Crippen LogP contribution in [0.2, 0.25) is 50.9 Å². The van der Waals surface area contributed by atoms with Crippen molar-refractivity contribution in [2.75, 3.05) is 21.3 Å². The zero-order valence-electron chi connectivity index (χ0n) is 22.6. The minimum atomic E-state index is -4.70.